The fraction of sp³-hybridized carbons (Fsp3) is 0. The normalized spacial score (nSPS) is 11.6. The highest BCUT2D eigenvalue weighted by molar-refractivity contribution is 7.85. The quantitative estimate of drug-likeness (QED) is 0.644. The molecule has 0 aliphatic heterocycles. The number of hydrogen-bond donors (Lipinski definition) is 1. The Bertz CT molecular complexity index is 708. The Morgan fingerprint density at radius 3 is 2.47 bits per heavy atom. The van der Waals surface area contributed by atoms with Crippen molar-refractivity contribution < 1.29 is 18.1 Å². The molecule has 0 aliphatic carbocycles. The van der Waals surface area contributed by atoms with Gasteiger partial charge in [-0.05, 0) is 22.7 Å². The molecular weight excluding hydrogens is 246 g/mol. The Hall–Kier alpha value is -1.99. The topological polar surface area (TPSA) is 107 Å². The zero-order chi connectivity index (χ0) is 12.6. The lowest BCUT2D eigenvalue weighted by atomic mass is 10.1. The molecule has 0 amide bonds. The van der Waals surface area contributed by atoms with Gasteiger partial charge in [-0.15, -0.1) is 4.91 Å². The minimum Gasteiger partial charge on any atom is -0.871 e. The summed E-state index contributed by atoms with van der Waals surface area (Å²) in [6, 6.07) is 6.01. The van der Waals surface area contributed by atoms with E-state index in [-0.39, 0.29) is 16.0 Å². The largest absolute Gasteiger partial charge is 0.871 e. The van der Waals surface area contributed by atoms with Crippen molar-refractivity contribution in [2.45, 2.75) is 4.90 Å². The van der Waals surface area contributed by atoms with Gasteiger partial charge in [-0.3, -0.25) is 4.55 Å². The highest BCUT2D eigenvalue weighted by Gasteiger charge is 2.11. The van der Waals surface area contributed by atoms with E-state index in [1.165, 1.54) is 18.2 Å². The van der Waals surface area contributed by atoms with Crippen molar-refractivity contribution in [1.82, 2.24) is 0 Å². The van der Waals surface area contributed by atoms with Crippen molar-refractivity contribution in [2.24, 2.45) is 5.18 Å². The molecular formula is C10H6NO5S-. The monoisotopic (exact) mass is 252 g/mol. The van der Waals surface area contributed by atoms with Crippen molar-refractivity contribution >= 4 is 26.6 Å². The zero-order valence-corrected chi connectivity index (χ0v) is 9.14. The molecule has 6 nitrogen and oxygen atoms in total. The Labute approximate surface area is 96.2 Å². The van der Waals surface area contributed by atoms with Crippen molar-refractivity contribution in [1.29, 1.82) is 0 Å². The molecule has 88 valence electrons. The number of nitroso groups, excluding NO2 is 1. The molecule has 2 rings (SSSR count). The van der Waals surface area contributed by atoms with Crippen LogP contribution >= 0.6 is 0 Å². The zero-order valence-electron chi connectivity index (χ0n) is 8.32. The Morgan fingerprint density at radius 2 is 1.88 bits per heavy atom. The third-order valence-electron chi connectivity index (χ3n) is 2.31. The molecule has 0 heterocycles. The summed E-state index contributed by atoms with van der Waals surface area (Å²) in [5.74, 6) is -0.535. The number of fused-ring (bicyclic) bond motifs is 1. The highest BCUT2D eigenvalue weighted by Crippen LogP contribution is 2.33. The molecule has 0 spiro atoms. The number of rotatable bonds is 2. The van der Waals surface area contributed by atoms with Gasteiger partial charge in [0.2, 0.25) is 0 Å². The van der Waals surface area contributed by atoms with Crippen molar-refractivity contribution in [3.05, 3.63) is 35.2 Å². The van der Waals surface area contributed by atoms with E-state index in [1.807, 2.05) is 0 Å². The number of nitrogens with zero attached hydrogens (tertiary/aromatic N) is 1. The van der Waals surface area contributed by atoms with Gasteiger partial charge in [0.15, 0.2) is 0 Å². The van der Waals surface area contributed by atoms with Crippen molar-refractivity contribution in [3.63, 3.8) is 0 Å². The molecule has 0 fully saturated rings. The summed E-state index contributed by atoms with van der Waals surface area (Å²) in [5.41, 5.74) is -0.274. The first-order valence-corrected chi connectivity index (χ1v) is 5.92. The molecule has 0 unspecified atom stereocenters. The van der Waals surface area contributed by atoms with Crippen LogP contribution in [0, 0.1) is 4.91 Å². The second kappa shape index (κ2) is 3.79. The predicted molar refractivity (Wildman–Crippen MR) is 58.7 cm³/mol. The maximum Gasteiger partial charge on any atom is 0.294 e. The van der Waals surface area contributed by atoms with Crippen LogP contribution in [0.2, 0.25) is 0 Å². The van der Waals surface area contributed by atoms with E-state index in [0.717, 1.165) is 12.1 Å². The van der Waals surface area contributed by atoms with Crippen LogP contribution in [0.4, 0.5) is 5.69 Å². The van der Waals surface area contributed by atoms with Gasteiger partial charge in [0, 0.05) is 5.39 Å². The summed E-state index contributed by atoms with van der Waals surface area (Å²) in [4.78, 5) is 10.2. The van der Waals surface area contributed by atoms with Crippen LogP contribution in [-0.4, -0.2) is 13.0 Å². The first-order valence-electron chi connectivity index (χ1n) is 4.48. The van der Waals surface area contributed by atoms with Gasteiger partial charge in [-0.1, -0.05) is 23.9 Å². The van der Waals surface area contributed by atoms with Gasteiger partial charge < -0.3 is 5.11 Å². The lowest BCUT2D eigenvalue weighted by molar-refractivity contribution is -0.267. The minimum atomic E-state index is -4.31. The smallest absolute Gasteiger partial charge is 0.294 e. The summed E-state index contributed by atoms with van der Waals surface area (Å²) in [7, 11) is -4.31. The lowest BCUT2D eigenvalue weighted by Gasteiger charge is -2.10. The molecule has 2 aromatic rings. The molecule has 0 saturated heterocycles. The van der Waals surface area contributed by atoms with E-state index in [1.54, 1.807) is 0 Å². The van der Waals surface area contributed by atoms with Gasteiger partial charge in [0.25, 0.3) is 10.1 Å². The number of hydrogen-bond acceptors (Lipinski definition) is 5. The average Bonchev–Trinajstić information content (AvgIpc) is 2.27. The van der Waals surface area contributed by atoms with E-state index < -0.39 is 15.9 Å². The van der Waals surface area contributed by atoms with Crippen LogP contribution in [0.3, 0.4) is 0 Å². The minimum absolute atomic E-state index is 0.250. The summed E-state index contributed by atoms with van der Waals surface area (Å²) in [6.07, 6.45) is 0. The first kappa shape index (κ1) is 11.5. The van der Waals surface area contributed by atoms with Gasteiger partial charge in [-0.25, -0.2) is 0 Å². The first-order chi connectivity index (χ1) is 7.93. The second-order valence-corrected chi connectivity index (χ2v) is 4.78. The van der Waals surface area contributed by atoms with Crippen molar-refractivity contribution in [3.8, 4) is 5.75 Å². The fourth-order valence-corrected chi connectivity index (χ4v) is 2.04. The third kappa shape index (κ3) is 1.97. The molecule has 0 aliphatic rings. The van der Waals surface area contributed by atoms with Crippen LogP contribution in [-0.2, 0) is 10.1 Å². The van der Waals surface area contributed by atoms with Crippen LogP contribution in [0.25, 0.3) is 10.8 Å². The summed E-state index contributed by atoms with van der Waals surface area (Å²) >= 11 is 0. The molecule has 2 aromatic carbocycles. The molecule has 1 N–H and O–H groups in total. The van der Waals surface area contributed by atoms with Crippen LogP contribution in [0.5, 0.6) is 5.75 Å². The lowest BCUT2D eigenvalue weighted by Crippen LogP contribution is -1.97. The van der Waals surface area contributed by atoms with E-state index in [9.17, 15) is 18.4 Å². The van der Waals surface area contributed by atoms with Crippen LogP contribution in [0.1, 0.15) is 0 Å². The fourth-order valence-electron chi connectivity index (χ4n) is 1.53. The summed E-state index contributed by atoms with van der Waals surface area (Å²) in [5, 5.41) is 14.5. The number of benzene rings is 2. The summed E-state index contributed by atoms with van der Waals surface area (Å²) < 4.78 is 30.7. The van der Waals surface area contributed by atoms with Gasteiger partial charge >= 0.3 is 0 Å². The van der Waals surface area contributed by atoms with Gasteiger partial charge in [-0.2, -0.15) is 8.42 Å². The molecule has 0 atom stereocenters. The van der Waals surface area contributed by atoms with Gasteiger partial charge in [0.1, 0.15) is 5.69 Å². The Morgan fingerprint density at radius 1 is 1.18 bits per heavy atom. The predicted octanol–water partition coefficient (Wildman–Crippen LogP) is 1.56. The van der Waals surface area contributed by atoms with E-state index in [4.69, 9.17) is 4.55 Å². The Balaban J connectivity index is 2.82. The third-order valence-corrected chi connectivity index (χ3v) is 3.16. The standard InChI is InChI=1S/C10H7NO5S/c12-9-4-1-6-5-7(17(14,15)16)2-3-8(6)10(9)11-13/h1-5,12H,(H,14,15,16)/p-1. The molecule has 17 heavy (non-hydrogen) atoms. The average molecular weight is 252 g/mol. The van der Waals surface area contributed by atoms with Gasteiger partial charge in [0.05, 0.1) is 4.90 Å². The molecule has 7 heteroatoms. The second-order valence-electron chi connectivity index (χ2n) is 3.36. The maximum atomic E-state index is 11.3. The Kier molecular flexibility index (Phi) is 2.56. The maximum absolute atomic E-state index is 11.3. The summed E-state index contributed by atoms with van der Waals surface area (Å²) in [6.45, 7) is 0. The van der Waals surface area contributed by atoms with Crippen LogP contribution in [0.15, 0.2) is 40.4 Å². The van der Waals surface area contributed by atoms with Crippen molar-refractivity contribution in [2.75, 3.05) is 0 Å². The van der Waals surface area contributed by atoms with E-state index in [0.29, 0.717) is 5.39 Å². The molecule has 0 radical (unpaired) electrons. The molecule has 0 saturated carbocycles. The van der Waals surface area contributed by atoms with E-state index in [2.05, 4.69) is 5.18 Å². The van der Waals surface area contributed by atoms with Crippen LogP contribution < -0.4 is 5.11 Å². The molecule has 0 bridgehead atoms. The molecule has 0 aromatic heterocycles. The van der Waals surface area contributed by atoms with E-state index >= 15 is 0 Å². The SMILES string of the molecule is O=Nc1c([O-])ccc2cc(S(=O)(=O)O)ccc12. The highest BCUT2D eigenvalue weighted by atomic mass is 32.2.